The predicted molar refractivity (Wildman–Crippen MR) is 83.9 cm³/mol. The smallest absolute Gasteiger partial charge is 0.127 e. The largest absolute Gasteiger partial charge is 0.497 e. The molecule has 1 unspecified atom stereocenters. The van der Waals surface area contributed by atoms with Crippen molar-refractivity contribution in [1.29, 1.82) is 0 Å². The van der Waals surface area contributed by atoms with Gasteiger partial charge in [-0.2, -0.15) is 0 Å². The molecule has 0 fully saturated rings. The van der Waals surface area contributed by atoms with Gasteiger partial charge in [0.1, 0.15) is 17.2 Å². The van der Waals surface area contributed by atoms with Crippen molar-refractivity contribution in [2.45, 2.75) is 26.9 Å². The second-order valence-electron chi connectivity index (χ2n) is 6.12. The van der Waals surface area contributed by atoms with E-state index in [-0.39, 0.29) is 5.41 Å². The van der Waals surface area contributed by atoms with E-state index >= 15 is 0 Å². The number of hydrogen-bond acceptors (Lipinski definition) is 3. The van der Waals surface area contributed by atoms with Crippen LogP contribution in [-0.4, -0.2) is 12.2 Å². The molecule has 0 aromatic heterocycles. The van der Waals surface area contributed by atoms with Gasteiger partial charge in [0.15, 0.2) is 0 Å². The molecule has 2 rings (SSSR count). The van der Waals surface area contributed by atoms with E-state index in [0.29, 0.717) is 0 Å². The van der Waals surface area contributed by atoms with E-state index in [1.54, 1.807) is 7.11 Å². The Morgan fingerprint density at radius 2 is 1.24 bits per heavy atom. The van der Waals surface area contributed by atoms with Crippen molar-refractivity contribution >= 4 is 0 Å². The Morgan fingerprint density at radius 1 is 0.810 bits per heavy atom. The van der Waals surface area contributed by atoms with Gasteiger partial charge in [0.25, 0.3) is 0 Å². The summed E-state index contributed by atoms with van der Waals surface area (Å²) in [5, 5.41) is 10.2. The highest BCUT2D eigenvalue weighted by molar-refractivity contribution is 5.36. The lowest BCUT2D eigenvalue weighted by Crippen LogP contribution is -2.17. The molecule has 2 aromatic rings. The van der Waals surface area contributed by atoms with Gasteiger partial charge in [-0.05, 0) is 47.4 Å². The van der Waals surface area contributed by atoms with Crippen LogP contribution in [0.15, 0.2) is 48.5 Å². The predicted octanol–water partition coefficient (Wildman–Crippen LogP) is 4.57. The zero-order chi connectivity index (χ0) is 15.5. The Hall–Kier alpha value is -2.00. The summed E-state index contributed by atoms with van der Waals surface area (Å²) in [6.45, 7) is 6.04. The van der Waals surface area contributed by atoms with Crippen molar-refractivity contribution in [3.63, 3.8) is 0 Å². The number of methoxy groups -OCH3 is 1. The molecule has 0 saturated carbocycles. The van der Waals surface area contributed by atoms with E-state index in [9.17, 15) is 5.11 Å². The Morgan fingerprint density at radius 3 is 1.67 bits per heavy atom. The van der Waals surface area contributed by atoms with Gasteiger partial charge in [0.2, 0.25) is 0 Å². The average molecular weight is 286 g/mol. The lowest BCUT2D eigenvalue weighted by molar-refractivity contribution is 0.0626. The summed E-state index contributed by atoms with van der Waals surface area (Å²) < 4.78 is 10.9. The first-order valence-electron chi connectivity index (χ1n) is 7.00. The van der Waals surface area contributed by atoms with Gasteiger partial charge in [-0.15, -0.1) is 0 Å². The Kier molecular flexibility index (Phi) is 4.53. The van der Waals surface area contributed by atoms with Gasteiger partial charge in [-0.25, -0.2) is 0 Å². The molecule has 0 amide bonds. The SMILES string of the molecule is COc1ccc(Oc2ccc(C(O)C(C)(C)C)cc2)cc1. The number of hydrogen-bond donors (Lipinski definition) is 1. The lowest BCUT2D eigenvalue weighted by Gasteiger charge is -2.26. The Bertz CT molecular complexity index is 565. The number of ether oxygens (including phenoxy) is 2. The Balaban J connectivity index is 2.08. The fourth-order valence-electron chi connectivity index (χ4n) is 2.00. The summed E-state index contributed by atoms with van der Waals surface area (Å²) in [4.78, 5) is 0. The second-order valence-corrected chi connectivity index (χ2v) is 6.12. The van der Waals surface area contributed by atoms with Crippen LogP contribution in [0.5, 0.6) is 17.2 Å². The highest BCUT2D eigenvalue weighted by atomic mass is 16.5. The van der Waals surface area contributed by atoms with E-state index < -0.39 is 6.10 Å². The molecule has 1 atom stereocenters. The van der Waals surface area contributed by atoms with Gasteiger partial charge in [0.05, 0.1) is 13.2 Å². The van der Waals surface area contributed by atoms with Crippen molar-refractivity contribution in [3.8, 4) is 17.2 Å². The standard InChI is InChI=1S/C18H22O3/c1-18(2,3)17(19)13-5-7-15(8-6-13)21-16-11-9-14(20-4)10-12-16/h5-12,17,19H,1-4H3. The van der Waals surface area contributed by atoms with Gasteiger partial charge < -0.3 is 14.6 Å². The zero-order valence-electron chi connectivity index (χ0n) is 13.0. The molecule has 0 heterocycles. The molecule has 0 aliphatic carbocycles. The summed E-state index contributed by atoms with van der Waals surface area (Å²) in [5.41, 5.74) is 0.711. The van der Waals surface area contributed by atoms with Crippen molar-refractivity contribution in [2.24, 2.45) is 5.41 Å². The molecule has 21 heavy (non-hydrogen) atoms. The minimum Gasteiger partial charge on any atom is -0.497 e. The highest BCUT2D eigenvalue weighted by Crippen LogP contribution is 2.33. The van der Waals surface area contributed by atoms with Crippen LogP contribution in [0.2, 0.25) is 0 Å². The molecule has 0 spiro atoms. The monoisotopic (exact) mass is 286 g/mol. The average Bonchev–Trinajstić information content (AvgIpc) is 2.47. The van der Waals surface area contributed by atoms with Crippen molar-refractivity contribution in [2.75, 3.05) is 7.11 Å². The Labute approximate surface area is 126 Å². The van der Waals surface area contributed by atoms with Crippen LogP contribution >= 0.6 is 0 Å². The third-order valence-corrected chi connectivity index (χ3v) is 3.31. The van der Waals surface area contributed by atoms with Crippen LogP contribution < -0.4 is 9.47 Å². The van der Waals surface area contributed by atoms with Gasteiger partial charge in [-0.1, -0.05) is 32.9 Å². The molecule has 0 saturated heterocycles. The van der Waals surface area contributed by atoms with E-state index in [2.05, 4.69) is 0 Å². The minimum absolute atomic E-state index is 0.182. The zero-order valence-corrected chi connectivity index (χ0v) is 13.0. The number of aliphatic hydroxyl groups is 1. The molecule has 3 heteroatoms. The third-order valence-electron chi connectivity index (χ3n) is 3.31. The molecule has 2 aromatic carbocycles. The number of rotatable bonds is 4. The summed E-state index contributed by atoms with van der Waals surface area (Å²) in [6.07, 6.45) is -0.493. The molecule has 1 N–H and O–H groups in total. The summed E-state index contributed by atoms with van der Waals surface area (Å²) in [7, 11) is 1.63. The summed E-state index contributed by atoms with van der Waals surface area (Å²) >= 11 is 0. The first-order chi connectivity index (χ1) is 9.90. The molecular formula is C18H22O3. The summed E-state index contributed by atoms with van der Waals surface area (Å²) in [6, 6.07) is 15.0. The first-order valence-corrected chi connectivity index (χ1v) is 7.00. The van der Waals surface area contributed by atoms with Crippen LogP contribution in [-0.2, 0) is 0 Å². The maximum Gasteiger partial charge on any atom is 0.127 e. The van der Waals surface area contributed by atoms with Crippen LogP contribution in [0, 0.1) is 5.41 Å². The molecule has 0 radical (unpaired) electrons. The van der Waals surface area contributed by atoms with Crippen LogP contribution in [0.25, 0.3) is 0 Å². The van der Waals surface area contributed by atoms with Gasteiger partial charge in [-0.3, -0.25) is 0 Å². The maximum atomic E-state index is 10.2. The molecule has 3 nitrogen and oxygen atoms in total. The lowest BCUT2D eigenvalue weighted by atomic mass is 9.85. The van der Waals surface area contributed by atoms with Gasteiger partial charge in [0, 0.05) is 0 Å². The second kappa shape index (κ2) is 6.19. The van der Waals surface area contributed by atoms with Gasteiger partial charge >= 0.3 is 0 Å². The molecule has 112 valence electrons. The minimum atomic E-state index is -0.493. The first kappa shape index (κ1) is 15.4. The van der Waals surface area contributed by atoms with E-state index in [1.807, 2.05) is 69.3 Å². The van der Waals surface area contributed by atoms with Crippen molar-refractivity contribution in [3.05, 3.63) is 54.1 Å². The van der Waals surface area contributed by atoms with E-state index in [0.717, 1.165) is 22.8 Å². The normalized spacial score (nSPS) is 12.8. The quantitative estimate of drug-likeness (QED) is 0.895. The van der Waals surface area contributed by atoms with Crippen molar-refractivity contribution in [1.82, 2.24) is 0 Å². The fourth-order valence-corrected chi connectivity index (χ4v) is 2.00. The van der Waals surface area contributed by atoms with Crippen LogP contribution in [0.1, 0.15) is 32.4 Å². The van der Waals surface area contributed by atoms with Crippen LogP contribution in [0.4, 0.5) is 0 Å². The highest BCUT2D eigenvalue weighted by Gasteiger charge is 2.23. The third kappa shape index (κ3) is 3.99. The molecule has 0 aliphatic heterocycles. The molecular weight excluding hydrogens is 264 g/mol. The maximum absolute atomic E-state index is 10.2. The molecule has 0 aliphatic rings. The van der Waals surface area contributed by atoms with Crippen molar-refractivity contribution < 1.29 is 14.6 Å². The fraction of sp³-hybridized carbons (Fsp3) is 0.333. The van der Waals surface area contributed by atoms with Crippen LogP contribution in [0.3, 0.4) is 0 Å². The number of aliphatic hydroxyl groups excluding tert-OH is 1. The molecule has 0 bridgehead atoms. The van der Waals surface area contributed by atoms with E-state index in [1.165, 1.54) is 0 Å². The number of benzene rings is 2. The topological polar surface area (TPSA) is 38.7 Å². The van der Waals surface area contributed by atoms with E-state index in [4.69, 9.17) is 9.47 Å². The summed E-state index contributed by atoms with van der Waals surface area (Å²) in [5.74, 6) is 2.29.